The van der Waals surface area contributed by atoms with Gasteiger partial charge in [-0.3, -0.25) is 0 Å². The zero-order valence-corrected chi connectivity index (χ0v) is 11.0. The second kappa shape index (κ2) is 6.50. The Bertz CT molecular complexity index is 217. The molecular formula is C6H9IO2S3. The molecule has 0 bridgehead atoms. The van der Waals surface area contributed by atoms with Crippen molar-refractivity contribution in [1.29, 1.82) is 0 Å². The molecule has 2 N–H and O–H groups in total. The SMILES string of the molecule is CSc1sc(CO)c(CO)[s+]1.[I-]. The Morgan fingerprint density at radius 3 is 2.42 bits per heavy atom. The molecule has 0 radical (unpaired) electrons. The topological polar surface area (TPSA) is 40.5 Å². The molecule has 1 aromatic rings. The van der Waals surface area contributed by atoms with Gasteiger partial charge in [0.2, 0.25) is 0 Å². The van der Waals surface area contributed by atoms with Gasteiger partial charge in [-0.1, -0.05) is 11.8 Å². The highest BCUT2D eigenvalue weighted by Crippen LogP contribution is 2.34. The first-order valence-corrected chi connectivity index (χ1v) is 5.88. The lowest BCUT2D eigenvalue weighted by Crippen LogP contribution is -3.00. The molecule has 0 saturated heterocycles. The minimum Gasteiger partial charge on any atom is -1.00 e. The van der Waals surface area contributed by atoms with Gasteiger partial charge < -0.3 is 34.2 Å². The average molecular weight is 336 g/mol. The van der Waals surface area contributed by atoms with E-state index in [-0.39, 0.29) is 37.2 Å². The smallest absolute Gasteiger partial charge is 0.312 e. The van der Waals surface area contributed by atoms with E-state index < -0.39 is 0 Å². The lowest BCUT2D eigenvalue weighted by molar-refractivity contribution is -0.00000407. The highest BCUT2D eigenvalue weighted by molar-refractivity contribution is 8.02. The summed E-state index contributed by atoms with van der Waals surface area (Å²) in [4.78, 5) is 1.78. The second-order valence-electron chi connectivity index (χ2n) is 1.82. The molecule has 0 spiro atoms. The van der Waals surface area contributed by atoms with Crippen LogP contribution in [0.25, 0.3) is 0 Å². The average Bonchev–Trinajstić information content (AvgIpc) is 2.46. The van der Waals surface area contributed by atoms with E-state index in [0.717, 1.165) is 9.75 Å². The Morgan fingerprint density at radius 2 is 2.08 bits per heavy atom. The van der Waals surface area contributed by atoms with Crippen molar-refractivity contribution >= 4 is 34.4 Å². The molecule has 6 heteroatoms. The van der Waals surface area contributed by atoms with Crippen LogP contribution < -0.4 is 24.0 Å². The maximum absolute atomic E-state index is 8.86. The predicted molar refractivity (Wildman–Crippen MR) is 50.2 cm³/mol. The summed E-state index contributed by atoms with van der Waals surface area (Å²) in [5.74, 6) is 0. The Balaban J connectivity index is 0.00000121. The van der Waals surface area contributed by atoms with Crippen molar-refractivity contribution in [2.24, 2.45) is 0 Å². The Morgan fingerprint density at radius 1 is 1.42 bits per heavy atom. The Labute approximate surface area is 101 Å². The van der Waals surface area contributed by atoms with E-state index in [1.54, 1.807) is 34.4 Å². The number of aliphatic hydroxyl groups excluding tert-OH is 2. The molecule has 1 heterocycles. The van der Waals surface area contributed by atoms with Crippen molar-refractivity contribution in [2.45, 2.75) is 16.7 Å². The van der Waals surface area contributed by atoms with Crippen LogP contribution >= 0.6 is 34.4 Å². The van der Waals surface area contributed by atoms with Gasteiger partial charge in [-0.15, -0.1) is 0 Å². The van der Waals surface area contributed by atoms with E-state index in [9.17, 15) is 0 Å². The van der Waals surface area contributed by atoms with Gasteiger partial charge in [0.1, 0.15) is 13.2 Å². The van der Waals surface area contributed by atoms with Gasteiger partial charge in [-0.25, -0.2) is 0 Å². The minimum absolute atomic E-state index is 0. The first-order valence-electron chi connectivity index (χ1n) is 3.02. The summed E-state index contributed by atoms with van der Waals surface area (Å²) in [6, 6.07) is 0. The van der Waals surface area contributed by atoms with E-state index in [1.807, 2.05) is 6.26 Å². The van der Waals surface area contributed by atoms with Crippen LogP contribution in [0, 0.1) is 0 Å². The summed E-state index contributed by atoms with van der Waals surface area (Å²) in [7, 11) is 0. The van der Waals surface area contributed by atoms with Crippen LogP contribution in [0.15, 0.2) is 3.52 Å². The summed E-state index contributed by atoms with van der Waals surface area (Å²) >= 11 is 4.76. The fourth-order valence-corrected chi connectivity index (χ4v) is 3.84. The van der Waals surface area contributed by atoms with Crippen molar-refractivity contribution < 1.29 is 34.2 Å². The number of rotatable bonds is 3. The van der Waals surface area contributed by atoms with Crippen molar-refractivity contribution in [2.75, 3.05) is 6.26 Å². The largest absolute Gasteiger partial charge is 1.00 e. The summed E-state index contributed by atoms with van der Waals surface area (Å²) in [6.07, 6.45) is 1.99. The van der Waals surface area contributed by atoms with E-state index in [0.29, 0.717) is 0 Å². The quantitative estimate of drug-likeness (QED) is 0.414. The number of aliphatic hydroxyl groups is 2. The van der Waals surface area contributed by atoms with Gasteiger partial charge in [0.05, 0.1) is 22.7 Å². The molecule has 0 saturated carbocycles. The van der Waals surface area contributed by atoms with Crippen LogP contribution in [0.5, 0.6) is 0 Å². The summed E-state index contributed by atoms with van der Waals surface area (Å²) < 4.78 is 1.18. The van der Waals surface area contributed by atoms with Crippen LogP contribution in [0.2, 0.25) is 0 Å². The maximum Gasteiger partial charge on any atom is 0.312 e. The molecule has 0 aliphatic heterocycles. The molecule has 0 aliphatic carbocycles. The van der Waals surface area contributed by atoms with E-state index in [2.05, 4.69) is 0 Å². The molecule has 0 fully saturated rings. The van der Waals surface area contributed by atoms with Gasteiger partial charge in [0, 0.05) is 0 Å². The first-order chi connectivity index (χ1) is 5.31. The summed E-state index contributed by atoms with van der Waals surface area (Å²) in [5.41, 5.74) is 0. The van der Waals surface area contributed by atoms with Gasteiger partial charge in [0.15, 0.2) is 9.75 Å². The van der Waals surface area contributed by atoms with Crippen LogP contribution in [0.3, 0.4) is 0 Å². The fourth-order valence-electron chi connectivity index (χ4n) is 0.660. The number of halogens is 1. The van der Waals surface area contributed by atoms with Crippen molar-refractivity contribution in [3.63, 3.8) is 0 Å². The normalized spacial score (nSPS) is 9.58. The molecule has 70 valence electrons. The number of thioether (sulfide) groups is 1. The monoisotopic (exact) mass is 336 g/mol. The van der Waals surface area contributed by atoms with E-state index in [4.69, 9.17) is 10.2 Å². The third kappa shape index (κ3) is 3.08. The van der Waals surface area contributed by atoms with Crippen LogP contribution in [0.4, 0.5) is 0 Å². The molecular weight excluding hydrogens is 327 g/mol. The molecule has 0 unspecified atom stereocenters. The molecule has 2 nitrogen and oxygen atoms in total. The molecule has 1 rings (SSSR count). The maximum atomic E-state index is 8.86. The predicted octanol–water partition coefficient (Wildman–Crippen LogP) is -1.20. The molecule has 1 aromatic heterocycles. The van der Waals surface area contributed by atoms with Crippen molar-refractivity contribution in [3.05, 3.63) is 9.75 Å². The first kappa shape index (κ1) is 13.1. The molecule has 0 atom stereocenters. The summed E-state index contributed by atoms with van der Waals surface area (Å²) in [5, 5.41) is 17.7. The van der Waals surface area contributed by atoms with Crippen LogP contribution in [-0.4, -0.2) is 16.5 Å². The van der Waals surface area contributed by atoms with Crippen LogP contribution in [0.1, 0.15) is 9.75 Å². The third-order valence-electron chi connectivity index (χ3n) is 1.18. The lowest BCUT2D eigenvalue weighted by Gasteiger charge is -1.81. The Kier molecular flexibility index (Phi) is 7.06. The van der Waals surface area contributed by atoms with Crippen molar-refractivity contribution in [3.8, 4) is 0 Å². The fraction of sp³-hybridized carbons (Fsp3) is 0.500. The number of hydrogen-bond donors (Lipinski definition) is 2. The molecule has 0 aliphatic rings. The number of hydrogen-bond acceptors (Lipinski definition) is 4. The highest BCUT2D eigenvalue weighted by Gasteiger charge is 2.20. The van der Waals surface area contributed by atoms with Gasteiger partial charge in [0.25, 0.3) is 0 Å². The lowest BCUT2D eigenvalue weighted by atomic mass is 10.4. The van der Waals surface area contributed by atoms with Gasteiger partial charge in [-0.05, 0) is 6.26 Å². The molecule has 12 heavy (non-hydrogen) atoms. The Hall–Kier alpha value is 1.05. The van der Waals surface area contributed by atoms with Crippen molar-refractivity contribution in [1.82, 2.24) is 0 Å². The van der Waals surface area contributed by atoms with Gasteiger partial charge >= 0.3 is 3.52 Å². The van der Waals surface area contributed by atoms with E-state index >= 15 is 0 Å². The zero-order valence-electron chi connectivity index (χ0n) is 6.41. The van der Waals surface area contributed by atoms with Gasteiger partial charge in [-0.2, -0.15) is 0 Å². The van der Waals surface area contributed by atoms with Crippen LogP contribution in [-0.2, 0) is 13.2 Å². The molecule has 0 amide bonds. The third-order valence-corrected chi connectivity index (χ3v) is 5.22. The standard InChI is InChI=1S/C6H9O2S3.HI/c1-9-6-10-4(2-7)5(3-8)11-6;/h7-8H,2-3H2,1H3;1H/q+1;/p-1. The minimum atomic E-state index is 0. The molecule has 0 aromatic carbocycles. The summed E-state index contributed by atoms with van der Waals surface area (Å²) in [6.45, 7) is 0.0786. The zero-order chi connectivity index (χ0) is 8.27. The second-order valence-corrected chi connectivity index (χ2v) is 5.62. The van der Waals surface area contributed by atoms with E-state index in [1.165, 1.54) is 3.52 Å². The highest BCUT2D eigenvalue weighted by atomic mass is 127.